The van der Waals surface area contributed by atoms with Crippen LogP contribution >= 0.6 is 0 Å². The van der Waals surface area contributed by atoms with Gasteiger partial charge in [0.2, 0.25) is 0 Å². The lowest BCUT2D eigenvalue weighted by Gasteiger charge is -2.33. The summed E-state index contributed by atoms with van der Waals surface area (Å²) in [6, 6.07) is 0.728. The largest absolute Gasteiger partial charge is 0.396 e. The smallest absolute Gasteiger partial charge is 0.0434 e. The fraction of sp³-hybridized carbons (Fsp3) is 1.00. The fourth-order valence-corrected chi connectivity index (χ4v) is 3.70. The number of aliphatic hydroxyl groups excluding tert-OH is 1. The number of hydrogen-bond acceptors (Lipinski definition) is 3. The molecule has 0 aromatic rings. The van der Waals surface area contributed by atoms with Gasteiger partial charge in [-0.3, -0.25) is 4.90 Å². The number of aliphatic hydroxyl groups is 1. The molecule has 1 aliphatic heterocycles. The number of rotatable bonds is 4. The molecule has 2 aliphatic rings. The van der Waals surface area contributed by atoms with Crippen LogP contribution in [-0.2, 0) is 0 Å². The van der Waals surface area contributed by atoms with E-state index in [4.69, 9.17) is 10.8 Å². The van der Waals surface area contributed by atoms with Crippen LogP contribution in [0.15, 0.2) is 0 Å². The predicted octanol–water partition coefficient (Wildman–Crippen LogP) is 1.60. The van der Waals surface area contributed by atoms with Crippen LogP contribution in [0.3, 0.4) is 0 Å². The van der Waals surface area contributed by atoms with Crippen molar-refractivity contribution in [3.8, 4) is 0 Å². The molecule has 1 aliphatic carbocycles. The molecule has 17 heavy (non-hydrogen) atoms. The van der Waals surface area contributed by atoms with Gasteiger partial charge in [-0.05, 0) is 50.6 Å². The first-order valence-electron chi connectivity index (χ1n) is 7.40. The molecule has 3 N–H and O–H groups in total. The first kappa shape index (κ1) is 13.3. The summed E-state index contributed by atoms with van der Waals surface area (Å²) in [7, 11) is 0. The van der Waals surface area contributed by atoms with E-state index in [2.05, 4.69) is 4.90 Å². The average Bonchev–Trinajstić information content (AvgIpc) is 2.66. The first-order valence-corrected chi connectivity index (χ1v) is 7.40. The zero-order chi connectivity index (χ0) is 12.1. The summed E-state index contributed by atoms with van der Waals surface area (Å²) in [5.41, 5.74) is 5.96. The van der Waals surface area contributed by atoms with Gasteiger partial charge >= 0.3 is 0 Å². The van der Waals surface area contributed by atoms with Gasteiger partial charge in [-0.25, -0.2) is 0 Å². The third-order valence-corrected chi connectivity index (χ3v) is 4.75. The molecule has 3 nitrogen and oxygen atoms in total. The summed E-state index contributed by atoms with van der Waals surface area (Å²) in [5.74, 6) is 1.44. The molecule has 100 valence electrons. The molecule has 0 bridgehead atoms. The van der Waals surface area contributed by atoms with E-state index in [-0.39, 0.29) is 0 Å². The van der Waals surface area contributed by atoms with Gasteiger partial charge in [0.25, 0.3) is 0 Å². The number of likely N-dealkylation sites (tertiary alicyclic amines) is 1. The van der Waals surface area contributed by atoms with E-state index in [0.717, 1.165) is 24.9 Å². The minimum absolute atomic E-state index is 0.351. The Labute approximate surface area is 105 Å². The van der Waals surface area contributed by atoms with Gasteiger partial charge in [-0.15, -0.1) is 0 Å². The summed E-state index contributed by atoms with van der Waals surface area (Å²) in [6.07, 6.45) is 9.05. The third kappa shape index (κ3) is 3.43. The standard InChI is InChI=1S/C14H28N2O/c15-10-13-4-2-1-3-5-14(13)16-8-6-12(11-16)7-9-17/h12-14,17H,1-11,15H2. The highest BCUT2D eigenvalue weighted by Gasteiger charge is 2.32. The van der Waals surface area contributed by atoms with E-state index >= 15 is 0 Å². The molecule has 1 saturated heterocycles. The fourth-order valence-electron chi connectivity index (χ4n) is 3.70. The molecule has 0 radical (unpaired) electrons. The highest BCUT2D eigenvalue weighted by atomic mass is 16.3. The van der Waals surface area contributed by atoms with Gasteiger partial charge in [0.05, 0.1) is 0 Å². The molecule has 0 amide bonds. The first-order chi connectivity index (χ1) is 8.35. The second-order valence-corrected chi connectivity index (χ2v) is 5.86. The SMILES string of the molecule is NCC1CCCCCC1N1CCC(CCO)C1. The molecule has 2 fully saturated rings. The van der Waals surface area contributed by atoms with Crippen molar-refractivity contribution in [1.29, 1.82) is 0 Å². The van der Waals surface area contributed by atoms with Crippen molar-refractivity contribution in [2.45, 2.75) is 51.0 Å². The number of nitrogens with two attached hydrogens (primary N) is 1. The molecule has 1 saturated carbocycles. The maximum atomic E-state index is 9.03. The van der Waals surface area contributed by atoms with Gasteiger partial charge in [0.15, 0.2) is 0 Å². The second-order valence-electron chi connectivity index (χ2n) is 5.86. The maximum absolute atomic E-state index is 9.03. The molecule has 2 rings (SSSR count). The highest BCUT2D eigenvalue weighted by Crippen LogP contribution is 2.31. The lowest BCUT2D eigenvalue weighted by atomic mass is 9.93. The summed E-state index contributed by atoms with van der Waals surface area (Å²) < 4.78 is 0. The molecule has 3 unspecified atom stereocenters. The van der Waals surface area contributed by atoms with E-state index < -0.39 is 0 Å². The Bertz CT molecular complexity index is 222. The minimum Gasteiger partial charge on any atom is -0.396 e. The van der Waals surface area contributed by atoms with Crippen LogP contribution in [0.25, 0.3) is 0 Å². The number of nitrogens with zero attached hydrogens (tertiary/aromatic N) is 1. The van der Waals surface area contributed by atoms with Crippen LogP contribution in [0.5, 0.6) is 0 Å². The van der Waals surface area contributed by atoms with Gasteiger partial charge in [0, 0.05) is 19.2 Å². The van der Waals surface area contributed by atoms with Crippen molar-refractivity contribution in [2.24, 2.45) is 17.6 Å². The van der Waals surface area contributed by atoms with Crippen LogP contribution in [-0.4, -0.2) is 42.3 Å². The lowest BCUT2D eigenvalue weighted by Crippen LogP contribution is -2.41. The summed E-state index contributed by atoms with van der Waals surface area (Å²) in [4.78, 5) is 2.67. The van der Waals surface area contributed by atoms with Crippen molar-refractivity contribution in [1.82, 2.24) is 4.90 Å². The van der Waals surface area contributed by atoms with E-state index in [1.54, 1.807) is 0 Å². The summed E-state index contributed by atoms with van der Waals surface area (Å²) >= 11 is 0. The zero-order valence-corrected chi connectivity index (χ0v) is 11.0. The Kier molecular flexibility index (Phi) is 5.26. The van der Waals surface area contributed by atoms with E-state index in [9.17, 15) is 0 Å². The van der Waals surface area contributed by atoms with Crippen molar-refractivity contribution in [3.63, 3.8) is 0 Å². The normalized spacial score (nSPS) is 36.0. The van der Waals surface area contributed by atoms with Crippen molar-refractivity contribution in [3.05, 3.63) is 0 Å². The van der Waals surface area contributed by atoms with Crippen LogP contribution in [0.2, 0.25) is 0 Å². The molecular weight excluding hydrogens is 212 g/mol. The molecule has 1 heterocycles. The van der Waals surface area contributed by atoms with Gasteiger partial charge < -0.3 is 10.8 Å². The van der Waals surface area contributed by atoms with Crippen LogP contribution in [0.4, 0.5) is 0 Å². The Morgan fingerprint density at radius 1 is 1.12 bits per heavy atom. The lowest BCUT2D eigenvalue weighted by molar-refractivity contribution is 0.157. The topological polar surface area (TPSA) is 49.5 Å². The summed E-state index contributed by atoms with van der Waals surface area (Å²) in [5, 5.41) is 9.03. The van der Waals surface area contributed by atoms with E-state index in [0.29, 0.717) is 12.5 Å². The van der Waals surface area contributed by atoms with E-state index in [1.165, 1.54) is 51.6 Å². The Morgan fingerprint density at radius 3 is 2.71 bits per heavy atom. The molecule has 3 heteroatoms. The number of hydrogen-bond donors (Lipinski definition) is 2. The Balaban J connectivity index is 1.90. The summed E-state index contributed by atoms with van der Waals surface area (Å²) in [6.45, 7) is 3.63. The highest BCUT2D eigenvalue weighted by molar-refractivity contribution is 4.87. The van der Waals surface area contributed by atoms with Crippen LogP contribution in [0, 0.1) is 11.8 Å². The molecule has 0 aromatic heterocycles. The predicted molar refractivity (Wildman–Crippen MR) is 70.8 cm³/mol. The van der Waals surface area contributed by atoms with Crippen molar-refractivity contribution in [2.75, 3.05) is 26.2 Å². The minimum atomic E-state index is 0.351. The van der Waals surface area contributed by atoms with E-state index in [1.807, 2.05) is 0 Å². The second kappa shape index (κ2) is 6.72. The maximum Gasteiger partial charge on any atom is 0.0434 e. The Hall–Kier alpha value is -0.120. The quantitative estimate of drug-likeness (QED) is 0.734. The van der Waals surface area contributed by atoms with Crippen LogP contribution < -0.4 is 5.73 Å². The zero-order valence-electron chi connectivity index (χ0n) is 11.0. The van der Waals surface area contributed by atoms with Crippen LogP contribution in [0.1, 0.15) is 44.9 Å². The monoisotopic (exact) mass is 240 g/mol. The average molecular weight is 240 g/mol. The molecular formula is C14H28N2O. The third-order valence-electron chi connectivity index (χ3n) is 4.75. The van der Waals surface area contributed by atoms with Gasteiger partial charge in [-0.1, -0.05) is 19.3 Å². The molecule has 3 atom stereocenters. The van der Waals surface area contributed by atoms with Crippen molar-refractivity contribution < 1.29 is 5.11 Å². The molecule has 0 aromatic carbocycles. The van der Waals surface area contributed by atoms with Crippen molar-refractivity contribution >= 4 is 0 Å². The van der Waals surface area contributed by atoms with Gasteiger partial charge in [-0.2, -0.15) is 0 Å². The molecule has 0 spiro atoms. The van der Waals surface area contributed by atoms with Gasteiger partial charge in [0.1, 0.15) is 0 Å². The Morgan fingerprint density at radius 2 is 1.94 bits per heavy atom.